The number of hydrogen-bond acceptors (Lipinski definition) is 7. The Morgan fingerprint density at radius 1 is 1.52 bits per heavy atom. The van der Waals surface area contributed by atoms with Crippen LogP contribution in [0.2, 0.25) is 0 Å². The van der Waals surface area contributed by atoms with Gasteiger partial charge in [-0.05, 0) is 19.1 Å². The van der Waals surface area contributed by atoms with E-state index >= 15 is 0 Å². The van der Waals surface area contributed by atoms with Crippen molar-refractivity contribution in [1.82, 2.24) is 10.3 Å². The standard InChI is InChI=1S/C12H13N5O3S/c1-7-6-21-11(15-7)5-14-12(18)9-4-8(16-13)2-3-10(9)17(19)20/h2-4,6,16H,5,13H2,1H3,(H,14,18). The van der Waals surface area contributed by atoms with Gasteiger partial charge in [-0.2, -0.15) is 0 Å². The van der Waals surface area contributed by atoms with E-state index < -0.39 is 10.8 Å². The Morgan fingerprint density at radius 3 is 2.86 bits per heavy atom. The molecule has 2 rings (SSSR count). The van der Waals surface area contributed by atoms with Gasteiger partial charge in [0.2, 0.25) is 0 Å². The van der Waals surface area contributed by atoms with Crippen LogP contribution in [-0.2, 0) is 6.54 Å². The van der Waals surface area contributed by atoms with Gasteiger partial charge in [0.1, 0.15) is 10.6 Å². The highest BCUT2D eigenvalue weighted by atomic mass is 32.1. The lowest BCUT2D eigenvalue weighted by Crippen LogP contribution is -2.24. The average Bonchev–Trinajstić information content (AvgIpc) is 2.89. The highest BCUT2D eigenvalue weighted by molar-refractivity contribution is 7.09. The van der Waals surface area contributed by atoms with E-state index in [1.807, 2.05) is 12.3 Å². The van der Waals surface area contributed by atoms with Crippen LogP contribution in [0.5, 0.6) is 0 Å². The third kappa shape index (κ3) is 3.52. The second-order valence-corrected chi connectivity index (χ2v) is 5.14. The van der Waals surface area contributed by atoms with E-state index in [4.69, 9.17) is 5.84 Å². The SMILES string of the molecule is Cc1csc(CNC(=O)c2cc(NN)ccc2[N+](=O)[O-])n1. The van der Waals surface area contributed by atoms with Gasteiger partial charge in [0.25, 0.3) is 11.6 Å². The molecule has 0 aliphatic carbocycles. The molecule has 0 fully saturated rings. The minimum atomic E-state index is -0.608. The van der Waals surface area contributed by atoms with Gasteiger partial charge >= 0.3 is 0 Å². The highest BCUT2D eigenvalue weighted by Gasteiger charge is 2.20. The number of nitro benzene ring substituents is 1. The van der Waals surface area contributed by atoms with Gasteiger partial charge in [-0.3, -0.25) is 20.8 Å². The van der Waals surface area contributed by atoms with Gasteiger partial charge in [0.05, 0.1) is 11.5 Å². The molecular weight excluding hydrogens is 294 g/mol. The molecule has 0 unspecified atom stereocenters. The van der Waals surface area contributed by atoms with E-state index in [2.05, 4.69) is 15.7 Å². The Hall–Kier alpha value is -2.52. The first-order valence-electron chi connectivity index (χ1n) is 5.95. The van der Waals surface area contributed by atoms with Crippen LogP contribution in [0, 0.1) is 17.0 Å². The summed E-state index contributed by atoms with van der Waals surface area (Å²) in [5.41, 5.74) is 3.30. The number of benzene rings is 1. The van der Waals surface area contributed by atoms with Crippen molar-refractivity contribution in [1.29, 1.82) is 0 Å². The molecule has 1 amide bonds. The third-order valence-corrected chi connectivity index (χ3v) is 3.64. The summed E-state index contributed by atoms with van der Waals surface area (Å²) in [5.74, 6) is 4.70. The zero-order chi connectivity index (χ0) is 15.4. The maximum atomic E-state index is 12.1. The Kier molecular flexibility index (Phi) is 4.45. The maximum Gasteiger partial charge on any atom is 0.282 e. The summed E-state index contributed by atoms with van der Waals surface area (Å²) in [6.07, 6.45) is 0. The van der Waals surface area contributed by atoms with Crippen molar-refractivity contribution < 1.29 is 9.72 Å². The Balaban J connectivity index is 2.19. The van der Waals surface area contributed by atoms with Gasteiger partial charge in [-0.1, -0.05) is 0 Å². The number of thiazole rings is 1. The van der Waals surface area contributed by atoms with E-state index in [0.717, 1.165) is 10.7 Å². The molecule has 0 aliphatic rings. The molecule has 1 aromatic carbocycles. The number of hydrogen-bond donors (Lipinski definition) is 3. The summed E-state index contributed by atoms with van der Waals surface area (Å²) < 4.78 is 0. The molecule has 21 heavy (non-hydrogen) atoms. The molecule has 8 nitrogen and oxygen atoms in total. The van der Waals surface area contributed by atoms with Crippen LogP contribution in [0.1, 0.15) is 21.1 Å². The van der Waals surface area contributed by atoms with Crippen molar-refractivity contribution in [3.63, 3.8) is 0 Å². The number of anilines is 1. The van der Waals surface area contributed by atoms with Crippen molar-refractivity contribution in [2.24, 2.45) is 5.84 Å². The monoisotopic (exact) mass is 307 g/mol. The first kappa shape index (κ1) is 14.9. The summed E-state index contributed by atoms with van der Waals surface area (Å²) in [7, 11) is 0. The Labute approximate surface area is 124 Å². The molecule has 0 spiro atoms. The number of carbonyl (C=O) groups excluding carboxylic acids is 1. The fourth-order valence-electron chi connectivity index (χ4n) is 1.70. The number of nitrogens with one attached hydrogen (secondary N) is 2. The van der Waals surface area contributed by atoms with Crippen molar-refractivity contribution in [3.05, 3.63) is 50.0 Å². The fraction of sp³-hybridized carbons (Fsp3) is 0.167. The fourth-order valence-corrected chi connectivity index (χ4v) is 2.41. The van der Waals surface area contributed by atoms with Crippen LogP contribution in [0.25, 0.3) is 0 Å². The molecular formula is C12H13N5O3S. The summed E-state index contributed by atoms with van der Waals surface area (Å²) >= 11 is 1.41. The molecule has 0 saturated carbocycles. The lowest BCUT2D eigenvalue weighted by atomic mass is 10.1. The molecule has 0 atom stereocenters. The second kappa shape index (κ2) is 6.29. The number of nitrogen functional groups attached to an aromatic ring is 1. The third-order valence-electron chi connectivity index (χ3n) is 2.67. The van der Waals surface area contributed by atoms with Crippen LogP contribution in [-0.4, -0.2) is 15.8 Å². The van der Waals surface area contributed by atoms with E-state index in [1.54, 1.807) is 0 Å². The van der Waals surface area contributed by atoms with Crippen molar-refractivity contribution in [2.75, 3.05) is 5.43 Å². The topological polar surface area (TPSA) is 123 Å². The number of nitrogens with zero attached hydrogens (tertiary/aromatic N) is 2. The van der Waals surface area contributed by atoms with Gasteiger partial charge < -0.3 is 10.7 Å². The first-order valence-corrected chi connectivity index (χ1v) is 6.83. The molecule has 4 N–H and O–H groups in total. The summed E-state index contributed by atoms with van der Waals surface area (Å²) in [6.45, 7) is 2.07. The minimum absolute atomic E-state index is 0.0521. The number of nitrogens with two attached hydrogens (primary N) is 1. The number of carbonyl (C=O) groups is 1. The maximum absolute atomic E-state index is 12.1. The Morgan fingerprint density at radius 2 is 2.29 bits per heavy atom. The number of aromatic nitrogens is 1. The number of aryl methyl sites for hydroxylation is 1. The molecule has 9 heteroatoms. The average molecular weight is 307 g/mol. The number of rotatable bonds is 5. The summed E-state index contributed by atoms with van der Waals surface area (Å²) in [5, 5.41) is 16.2. The molecule has 0 bridgehead atoms. The van der Waals surface area contributed by atoms with E-state index in [9.17, 15) is 14.9 Å². The van der Waals surface area contributed by atoms with Crippen molar-refractivity contribution in [2.45, 2.75) is 13.5 Å². The predicted molar refractivity (Wildman–Crippen MR) is 78.9 cm³/mol. The van der Waals surface area contributed by atoms with Crippen LogP contribution >= 0.6 is 11.3 Å². The van der Waals surface area contributed by atoms with Crippen LogP contribution < -0.4 is 16.6 Å². The lowest BCUT2D eigenvalue weighted by Gasteiger charge is -2.06. The van der Waals surface area contributed by atoms with Crippen LogP contribution in [0.15, 0.2) is 23.6 Å². The van der Waals surface area contributed by atoms with Crippen molar-refractivity contribution >= 4 is 28.6 Å². The minimum Gasteiger partial charge on any atom is -0.345 e. The first-order chi connectivity index (χ1) is 10.0. The largest absolute Gasteiger partial charge is 0.345 e. The van der Waals surface area contributed by atoms with E-state index in [1.165, 1.54) is 29.5 Å². The molecule has 2 aromatic rings. The summed E-state index contributed by atoms with van der Waals surface area (Å²) in [6, 6.07) is 4.00. The molecule has 110 valence electrons. The molecule has 1 heterocycles. The smallest absolute Gasteiger partial charge is 0.282 e. The van der Waals surface area contributed by atoms with E-state index in [0.29, 0.717) is 5.69 Å². The molecule has 0 radical (unpaired) electrons. The lowest BCUT2D eigenvalue weighted by molar-refractivity contribution is -0.385. The van der Waals surface area contributed by atoms with Crippen LogP contribution in [0.3, 0.4) is 0 Å². The molecule has 1 aromatic heterocycles. The van der Waals surface area contributed by atoms with Gasteiger partial charge in [0, 0.05) is 22.8 Å². The molecule has 0 aliphatic heterocycles. The van der Waals surface area contributed by atoms with Gasteiger partial charge in [0.15, 0.2) is 0 Å². The summed E-state index contributed by atoms with van der Waals surface area (Å²) in [4.78, 5) is 26.7. The number of nitro groups is 1. The van der Waals surface area contributed by atoms with Gasteiger partial charge in [-0.15, -0.1) is 11.3 Å². The zero-order valence-corrected chi connectivity index (χ0v) is 11.9. The van der Waals surface area contributed by atoms with Gasteiger partial charge in [-0.25, -0.2) is 4.98 Å². The number of amides is 1. The zero-order valence-electron chi connectivity index (χ0n) is 11.1. The predicted octanol–water partition coefficient (Wildman–Crippen LogP) is 1.58. The van der Waals surface area contributed by atoms with E-state index in [-0.39, 0.29) is 17.8 Å². The second-order valence-electron chi connectivity index (χ2n) is 4.20. The quantitative estimate of drug-likeness (QED) is 0.438. The van der Waals surface area contributed by atoms with Crippen LogP contribution in [0.4, 0.5) is 11.4 Å². The number of hydrazine groups is 1. The highest BCUT2D eigenvalue weighted by Crippen LogP contribution is 2.22. The molecule has 0 saturated heterocycles. The van der Waals surface area contributed by atoms with Crippen molar-refractivity contribution in [3.8, 4) is 0 Å². The normalized spacial score (nSPS) is 10.2. The Bertz CT molecular complexity index is 685.